The number of aromatic hydroxyl groups is 1. The molecule has 0 atom stereocenters. The summed E-state index contributed by atoms with van der Waals surface area (Å²) in [6, 6.07) is 24.8. The van der Waals surface area contributed by atoms with Crippen LogP contribution in [0.4, 0.5) is 0 Å². The summed E-state index contributed by atoms with van der Waals surface area (Å²) in [5.41, 5.74) is 0.440. The molecule has 0 unspecified atom stereocenters. The van der Waals surface area contributed by atoms with Gasteiger partial charge in [0, 0.05) is 0 Å². The molecule has 0 radical (unpaired) electrons. The minimum absolute atomic E-state index is 0. The quantitative estimate of drug-likeness (QED) is 0.451. The standard InChI is InChI=1S/2C7H6O2.C6H6O.2Na/c2*8-7(9)6-4-2-1-3-5-6;7-6-4-2-1-3-5-6;;/h2*1-5H,(H,8,9);1-5,7H;;/q;;;2*+1/p-2. The van der Waals surface area contributed by atoms with Crippen molar-refractivity contribution in [3.05, 3.63) is 102 Å². The van der Waals surface area contributed by atoms with Crippen molar-refractivity contribution in [3.8, 4) is 5.75 Å². The third-order valence-electron chi connectivity index (χ3n) is 2.78. The smallest absolute Gasteiger partial charge is 0.545 e. The number of para-hydroxylation sites is 1. The van der Waals surface area contributed by atoms with Crippen LogP contribution in [0.15, 0.2) is 91.0 Å². The SMILES string of the molecule is O=C([O-])c1ccccc1.O=C([O-])c1ccccc1.Oc1ccccc1.[Na+].[Na+]. The van der Waals surface area contributed by atoms with Gasteiger partial charge in [-0.3, -0.25) is 0 Å². The number of phenols is 1. The van der Waals surface area contributed by atoms with Crippen LogP contribution in [0.25, 0.3) is 0 Å². The number of carboxylic acids is 2. The number of hydrogen-bond donors (Lipinski definition) is 1. The molecule has 7 heteroatoms. The van der Waals surface area contributed by atoms with Gasteiger partial charge in [0.2, 0.25) is 0 Å². The molecule has 0 saturated carbocycles. The molecule has 0 amide bonds. The molecular weight excluding hydrogens is 366 g/mol. The molecule has 0 aromatic heterocycles. The van der Waals surface area contributed by atoms with Crippen LogP contribution < -0.4 is 69.3 Å². The Bertz CT molecular complexity index is 717. The van der Waals surface area contributed by atoms with Gasteiger partial charge in [0.05, 0.1) is 11.9 Å². The first kappa shape index (κ1) is 27.6. The van der Waals surface area contributed by atoms with Gasteiger partial charge in [-0.2, -0.15) is 0 Å². The van der Waals surface area contributed by atoms with Gasteiger partial charge in [-0.1, -0.05) is 78.9 Å². The molecule has 1 N–H and O–H groups in total. The van der Waals surface area contributed by atoms with Gasteiger partial charge in [-0.05, 0) is 23.3 Å². The molecule has 27 heavy (non-hydrogen) atoms. The number of carbonyl (C=O) groups is 2. The van der Waals surface area contributed by atoms with Gasteiger partial charge < -0.3 is 24.9 Å². The zero-order chi connectivity index (χ0) is 18.5. The molecule has 0 saturated heterocycles. The van der Waals surface area contributed by atoms with Crippen LogP contribution in [0.3, 0.4) is 0 Å². The summed E-state index contributed by atoms with van der Waals surface area (Å²) in [7, 11) is 0. The fourth-order valence-corrected chi connectivity index (χ4v) is 1.58. The van der Waals surface area contributed by atoms with Crippen molar-refractivity contribution in [2.45, 2.75) is 0 Å². The fraction of sp³-hybridized carbons (Fsp3) is 0. The molecule has 3 aromatic rings. The van der Waals surface area contributed by atoms with Gasteiger partial charge in [-0.25, -0.2) is 0 Å². The maximum Gasteiger partial charge on any atom is 1.00 e. The Morgan fingerprint density at radius 3 is 0.963 bits per heavy atom. The Labute approximate surface area is 202 Å². The first-order valence-corrected chi connectivity index (χ1v) is 7.27. The van der Waals surface area contributed by atoms with Crippen molar-refractivity contribution in [3.63, 3.8) is 0 Å². The molecule has 0 aliphatic rings. The molecule has 0 heterocycles. The minimum atomic E-state index is -1.13. The van der Waals surface area contributed by atoms with E-state index in [4.69, 9.17) is 5.11 Å². The van der Waals surface area contributed by atoms with Crippen LogP contribution in [0.1, 0.15) is 20.7 Å². The van der Waals surface area contributed by atoms with Crippen molar-refractivity contribution in [1.82, 2.24) is 0 Å². The third-order valence-corrected chi connectivity index (χ3v) is 2.78. The van der Waals surface area contributed by atoms with Gasteiger partial charge in [0.1, 0.15) is 5.75 Å². The van der Waals surface area contributed by atoms with Gasteiger partial charge in [-0.15, -0.1) is 0 Å². The zero-order valence-corrected chi connectivity index (χ0v) is 19.2. The summed E-state index contributed by atoms with van der Waals surface area (Å²) in [6.45, 7) is 0. The number of carbonyl (C=O) groups excluding carboxylic acids is 2. The van der Waals surface area contributed by atoms with E-state index < -0.39 is 11.9 Å². The van der Waals surface area contributed by atoms with Gasteiger partial charge >= 0.3 is 59.1 Å². The molecule has 5 nitrogen and oxygen atoms in total. The van der Waals surface area contributed by atoms with E-state index in [1.165, 1.54) is 24.3 Å². The second kappa shape index (κ2) is 16.6. The van der Waals surface area contributed by atoms with Crippen LogP contribution in [0.5, 0.6) is 5.75 Å². The summed E-state index contributed by atoms with van der Waals surface area (Å²) in [5, 5.41) is 28.8. The summed E-state index contributed by atoms with van der Waals surface area (Å²) in [5.74, 6) is -1.94. The van der Waals surface area contributed by atoms with E-state index >= 15 is 0 Å². The van der Waals surface area contributed by atoms with Crippen LogP contribution in [-0.2, 0) is 0 Å². The summed E-state index contributed by atoms with van der Waals surface area (Å²) < 4.78 is 0. The van der Waals surface area contributed by atoms with Crippen LogP contribution >= 0.6 is 0 Å². The maximum absolute atomic E-state index is 10.1. The van der Waals surface area contributed by atoms with E-state index in [1.54, 1.807) is 60.7 Å². The molecule has 0 spiro atoms. The average molecular weight is 382 g/mol. The van der Waals surface area contributed by atoms with Crippen molar-refractivity contribution in [2.75, 3.05) is 0 Å². The molecule has 0 bridgehead atoms. The number of aromatic carboxylic acids is 2. The first-order chi connectivity index (χ1) is 12.0. The van der Waals surface area contributed by atoms with Crippen molar-refractivity contribution >= 4 is 11.9 Å². The van der Waals surface area contributed by atoms with E-state index in [0.29, 0.717) is 5.75 Å². The third kappa shape index (κ3) is 13.2. The topological polar surface area (TPSA) is 100 Å². The van der Waals surface area contributed by atoms with Crippen molar-refractivity contribution in [2.24, 2.45) is 0 Å². The summed E-state index contributed by atoms with van der Waals surface area (Å²) >= 11 is 0. The number of carboxylic acid groups (broad SMARTS) is 2. The second-order valence-electron chi connectivity index (χ2n) is 4.64. The first-order valence-electron chi connectivity index (χ1n) is 7.27. The van der Waals surface area contributed by atoms with Crippen LogP contribution in [-0.4, -0.2) is 17.0 Å². The van der Waals surface area contributed by atoms with Crippen molar-refractivity contribution in [1.29, 1.82) is 0 Å². The second-order valence-corrected chi connectivity index (χ2v) is 4.64. The van der Waals surface area contributed by atoms with E-state index in [9.17, 15) is 19.8 Å². The van der Waals surface area contributed by atoms with Crippen LogP contribution in [0.2, 0.25) is 0 Å². The normalized spacial score (nSPS) is 8.15. The number of hydrogen-bond acceptors (Lipinski definition) is 5. The predicted octanol–water partition coefficient (Wildman–Crippen LogP) is -4.50. The molecule has 128 valence electrons. The van der Waals surface area contributed by atoms with Gasteiger partial charge in [0.25, 0.3) is 0 Å². The fourth-order valence-electron chi connectivity index (χ4n) is 1.58. The van der Waals surface area contributed by atoms with E-state index in [0.717, 1.165) is 0 Å². The zero-order valence-electron chi connectivity index (χ0n) is 15.2. The molecule has 0 aliphatic heterocycles. The van der Waals surface area contributed by atoms with Crippen molar-refractivity contribution < 1.29 is 84.0 Å². The summed E-state index contributed by atoms with van der Waals surface area (Å²) in [6.07, 6.45) is 0. The van der Waals surface area contributed by atoms with E-state index in [2.05, 4.69) is 0 Å². The number of rotatable bonds is 2. The van der Waals surface area contributed by atoms with Gasteiger partial charge in [0.15, 0.2) is 0 Å². The maximum atomic E-state index is 10.1. The van der Waals surface area contributed by atoms with E-state index in [-0.39, 0.29) is 70.2 Å². The Kier molecular flexibility index (Phi) is 16.9. The molecule has 0 fully saturated rings. The number of benzene rings is 3. The van der Waals surface area contributed by atoms with E-state index in [1.807, 2.05) is 6.07 Å². The molecule has 3 aromatic carbocycles. The molecule has 0 aliphatic carbocycles. The summed E-state index contributed by atoms with van der Waals surface area (Å²) in [4.78, 5) is 20.2. The Morgan fingerprint density at radius 1 is 0.556 bits per heavy atom. The number of phenolic OH excluding ortho intramolecular Hbond substituents is 1. The van der Waals surface area contributed by atoms with Crippen LogP contribution in [0, 0.1) is 0 Å². The average Bonchev–Trinajstić information content (AvgIpc) is 2.65. The Hall–Kier alpha value is -1.60. The Morgan fingerprint density at radius 2 is 0.815 bits per heavy atom. The molecular formula is C20H16Na2O5. The monoisotopic (exact) mass is 382 g/mol. The predicted molar refractivity (Wildman–Crippen MR) is 89.7 cm³/mol. The largest absolute Gasteiger partial charge is 1.00 e. The molecule has 3 rings (SSSR count). The minimum Gasteiger partial charge on any atom is -0.545 e. The Balaban J connectivity index is 0.